The lowest BCUT2D eigenvalue weighted by Gasteiger charge is -2.24. The Morgan fingerprint density at radius 2 is 1.72 bits per heavy atom. The molecule has 2 aromatic carbocycles. The highest BCUT2D eigenvalue weighted by molar-refractivity contribution is 5.97. The number of carbonyl (C=O) groups is 2. The molecular formula is C20H22N2O3. The van der Waals surface area contributed by atoms with Crippen LogP contribution in [-0.4, -0.2) is 35.9 Å². The number of nitrogens with one attached hydrogen (secondary N) is 1. The maximum atomic E-state index is 12.5. The molecule has 5 heteroatoms. The molecule has 130 valence electrons. The second kappa shape index (κ2) is 8.33. The number of amides is 2. The Labute approximate surface area is 147 Å². The van der Waals surface area contributed by atoms with E-state index in [1.165, 1.54) is 0 Å². The van der Waals surface area contributed by atoms with Crippen LogP contribution >= 0.6 is 0 Å². The molecule has 1 saturated heterocycles. The number of anilines is 1. The minimum atomic E-state index is -0.399. The Balaban J connectivity index is 1.51. The summed E-state index contributed by atoms with van der Waals surface area (Å²) in [6.45, 7) is 0.934. The molecule has 2 aromatic rings. The molecule has 3 rings (SSSR count). The number of nitrogens with zero attached hydrogens (tertiary/aromatic N) is 1. The molecule has 1 N–H and O–H groups in total. The standard InChI is InChI=1S/C20H22N2O3/c23-19(13-15-25-17-10-5-2-6-11-17)22-14-7-12-18(22)20(24)21-16-8-3-1-4-9-16/h1-6,8-11,18H,7,12-15H2,(H,21,24)/t18-/m1/s1. The van der Waals surface area contributed by atoms with Gasteiger partial charge in [-0.15, -0.1) is 0 Å². The summed E-state index contributed by atoms with van der Waals surface area (Å²) in [6.07, 6.45) is 1.81. The lowest BCUT2D eigenvalue weighted by molar-refractivity contribution is -0.137. The average molecular weight is 338 g/mol. The molecule has 1 aliphatic rings. The van der Waals surface area contributed by atoms with Crippen LogP contribution in [0.25, 0.3) is 0 Å². The van der Waals surface area contributed by atoms with E-state index in [9.17, 15) is 9.59 Å². The lowest BCUT2D eigenvalue weighted by atomic mass is 10.2. The van der Waals surface area contributed by atoms with Gasteiger partial charge in [0.15, 0.2) is 0 Å². The fourth-order valence-electron chi connectivity index (χ4n) is 3.00. The van der Waals surface area contributed by atoms with Crippen molar-refractivity contribution in [2.45, 2.75) is 25.3 Å². The van der Waals surface area contributed by atoms with Crippen molar-refractivity contribution in [3.8, 4) is 5.75 Å². The summed E-state index contributed by atoms with van der Waals surface area (Å²) in [7, 11) is 0. The Hall–Kier alpha value is -2.82. The number of para-hydroxylation sites is 2. The van der Waals surface area contributed by atoms with Crippen molar-refractivity contribution in [2.75, 3.05) is 18.5 Å². The topological polar surface area (TPSA) is 58.6 Å². The van der Waals surface area contributed by atoms with Crippen molar-refractivity contribution >= 4 is 17.5 Å². The molecule has 1 aliphatic heterocycles. The number of likely N-dealkylation sites (tertiary alicyclic amines) is 1. The Kier molecular flexibility index (Phi) is 5.67. The van der Waals surface area contributed by atoms with E-state index in [2.05, 4.69) is 5.32 Å². The van der Waals surface area contributed by atoms with Gasteiger partial charge in [-0.1, -0.05) is 36.4 Å². The van der Waals surface area contributed by atoms with Crippen LogP contribution in [-0.2, 0) is 9.59 Å². The van der Waals surface area contributed by atoms with E-state index in [1.807, 2.05) is 60.7 Å². The number of ether oxygens (including phenoxy) is 1. The molecular weight excluding hydrogens is 316 g/mol. The number of hydrogen-bond donors (Lipinski definition) is 1. The fourth-order valence-corrected chi connectivity index (χ4v) is 3.00. The summed E-state index contributed by atoms with van der Waals surface area (Å²) in [5, 5.41) is 2.89. The maximum absolute atomic E-state index is 12.5. The molecule has 0 spiro atoms. The Morgan fingerprint density at radius 1 is 1.04 bits per heavy atom. The quantitative estimate of drug-likeness (QED) is 0.880. The monoisotopic (exact) mass is 338 g/mol. The van der Waals surface area contributed by atoms with E-state index in [0.717, 1.165) is 17.9 Å². The van der Waals surface area contributed by atoms with Crippen LogP contribution in [0.4, 0.5) is 5.69 Å². The molecule has 0 unspecified atom stereocenters. The van der Waals surface area contributed by atoms with Crippen molar-refractivity contribution in [1.29, 1.82) is 0 Å². The third-order valence-electron chi connectivity index (χ3n) is 4.24. The Bertz CT molecular complexity index is 703. The SMILES string of the molecule is O=C(Nc1ccccc1)[C@H]1CCCN1C(=O)CCOc1ccccc1. The van der Waals surface area contributed by atoms with Crippen LogP contribution in [0.5, 0.6) is 5.75 Å². The van der Waals surface area contributed by atoms with Crippen LogP contribution in [0.2, 0.25) is 0 Å². The van der Waals surface area contributed by atoms with E-state index >= 15 is 0 Å². The highest BCUT2D eigenvalue weighted by atomic mass is 16.5. The zero-order valence-electron chi connectivity index (χ0n) is 14.1. The van der Waals surface area contributed by atoms with Gasteiger partial charge < -0.3 is 15.0 Å². The molecule has 0 aromatic heterocycles. The van der Waals surface area contributed by atoms with E-state index < -0.39 is 6.04 Å². The molecule has 0 aliphatic carbocycles. The predicted molar refractivity (Wildman–Crippen MR) is 96.4 cm³/mol. The third kappa shape index (κ3) is 4.59. The normalized spacial score (nSPS) is 16.5. The van der Waals surface area contributed by atoms with Gasteiger partial charge in [-0.2, -0.15) is 0 Å². The van der Waals surface area contributed by atoms with E-state index in [1.54, 1.807) is 4.90 Å². The van der Waals surface area contributed by atoms with Gasteiger partial charge in [-0.05, 0) is 37.1 Å². The first-order chi connectivity index (χ1) is 12.2. The van der Waals surface area contributed by atoms with E-state index in [-0.39, 0.29) is 18.2 Å². The Morgan fingerprint density at radius 3 is 2.44 bits per heavy atom. The zero-order valence-corrected chi connectivity index (χ0v) is 14.1. The van der Waals surface area contributed by atoms with Crippen LogP contribution in [0.1, 0.15) is 19.3 Å². The minimum Gasteiger partial charge on any atom is -0.493 e. The van der Waals surface area contributed by atoms with Gasteiger partial charge in [0.2, 0.25) is 11.8 Å². The molecule has 0 radical (unpaired) electrons. The predicted octanol–water partition coefficient (Wildman–Crippen LogP) is 3.09. The first-order valence-corrected chi connectivity index (χ1v) is 8.57. The molecule has 1 atom stereocenters. The first-order valence-electron chi connectivity index (χ1n) is 8.57. The van der Waals surface area contributed by atoms with Crippen molar-refractivity contribution in [2.24, 2.45) is 0 Å². The van der Waals surface area contributed by atoms with Crippen LogP contribution in [0.15, 0.2) is 60.7 Å². The lowest BCUT2D eigenvalue weighted by Crippen LogP contribution is -2.43. The smallest absolute Gasteiger partial charge is 0.247 e. The summed E-state index contributed by atoms with van der Waals surface area (Å²) in [5.41, 5.74) is 0.749. The highest BCUT2D eigenvalue weighted by Gasteiger charge is 2.33. The first kappa shape index (κ1) is 17.0. The highest BCUT2D eigenvalue weighted by Crippen LogP contribution is 2.20. The van der Waals surface area contributed by atoms with Gasteiger partial charge in [0, 0.05) is 12.2 Å². The molecule has 1 fully saturated rings. The zero-order chi connectivity index (χ0) is 17.5. The second-order valence-electron chi connectivity index (χ2n) is 6.01. The van der Waals surface area contributed by atoms with Gasteiger partial charge in [0.05, 0.1) is 13.0 Å². The fraction of sp³-hybridized carbons (Fsp3) is 0.300. The van der Waals surface area contributed by atoms with Crippen LogP contribution < -0.4 is 10.1 Å². The maximum Gasteiger partial charge on any atom is 0.247 e. The number of rotatable bonds is 6. The van der Waals surface area contributed by atoms with Gasteiger partial charge in [-0.3, -0.25) is 9.59 Å². The minimum absolute atomic E-state index is 0.0401. The molecule has 2 amide bonds. The van der Waals surface area contributed by atoms with E-state index in [4.69, 9.17) is 4.74 Å². The molecule has 0 saturated carbocycles. The summed E-state index contributed by atoms with van der Waals surface area (Å²) in [6, 6.07) is 18.3. The van der Waals surface area contributed by atoms with E-state index in [0.29, 0.717) is 19.6 Å². The van der Waals surface area contributed by atoms with Crippen molar-refractivity contribution in [3.63, 3.8) is 0 Å². The third-order valence-corrected chi connectivity index (χ3v) is 4.24. The van der Waals surface area contributed by atoms with Gasteiger partial charge in [0.1, 0.15) is 11.8 Å². The van der Waals surface area contributed by atoms with Crippen molar-refractivity contribution < 1.29 is 14.3 Å². The van der Waals surface area contributed by atoms with Crippen molar-refractivity contribution in [1.82, 2.24) is 4.90 Å². The number of benzene rings is 2. The summed E-state index contributed by atoms with van der Waals surface area (Å²) >= 11 is 0. The summed E-state index contributed by atoms with van der Waals surface area (Å²) in [5.74, 6) is 0.581. The van der Waals surface area contributed by atoms with Gasteiger partial charge >= 0.3 is 0 Å². The average Bonchev–Trinajstić information content (AvgIpc) is 3.13. The van der Waals surface area contributed by atoms with Crippen LogP contribution in [0, 0.1) is 0 Å². The summed E-state index contributed by atoms with van der Waals surface area (Å²) < 4.78 is 5.58. The molecule has 0 bridgehead atoms. The molecule has 1 heterocycles. The largest absolute Gasteiger partial charge is 0.493 e. The number of carbonyl (C=O) groups excluding carboxylic acids is 2. The van der Waals surface area contributed by atoms with Gasteiger partial charge in [-0.25, -0.2) is 0 Å². The molecule has 25 heavy (non-hydrogen) atoms. The van der Waals surface area contributed by atoms with Gasteiger partial charge in [0.25, 0.3) is 0 Å². The molecule has 5 nitrogen and oxygen atoms in total. The second-order valence-corrected chi connectivity index (χ2v) is 6.01. The summed E-state index contributed by atoms with van der Waals surface area (Å²) in [4.78, 5) is 26.6. The van der Waals surface area contributed by atoms with Crippen molar-refractivity contribution in [3.05, 3.63) is 60.7 Å². The van der Waals surface area contributed by atoms with Crippen LogP contribution in [0.3, 0.4) is 0 Å². The number of hydrogen-bond acceptors (Lipinski definition) is 3.